The Balaban J connectivity index is 1.37. The van der Waals surface area contributed by atoms with Crippen molar-refractivity contribution in [1.82, 2.24) is 10.9 Å². The van der Waals surface area contributed by atoms with Crippen LogP contribution in [0.3, 0.4) is 0 Å². The second-order valence-corrected chi connectivity index (χ2v) is 6.92. The molecular formula is C21H26FN4O3+. The number of anilines is 1. The van der Waals surface area contributed by atoms with Gasteiger partial charge in [-0.1, -0.05) is 18.2 Å². The average molecular weight is 401 g/mol. The number of rotatable bonds is 6. The Kier molecular flexibility index (Phi) is 7.02. The molecule has 1 aliphatic heterocycles. The van der Waals surface area contributed by atoms with Crippen molar-refractivity contribution in [3.05, 3.63) is 59.9 Å². The number of nitrogens with zero attached hydrogens (tertiary/aromatic N) is 1. The summed E-state index contributed by atoms with van der Waals surface area (Å²) in [5, 5.41) is 0. The van der Waals surface area contributed by atoms with Gasteiger partial charge in [-0.2, -0.15) is 0 Å². The summed E-state index contributed by atoms with van der Waals surface area (Å²) in [5.41, 5.74) is 6.03. The van der Waals surface area contributed by atoms with Gasteiger partial charge in [-0.25, -0.2) is 4.39 Å². The largest absolute Gasteiger partial charge is 0.494 e. The quantitative estimate of drug-likeness (QED) is 0.613. The number of hydrogen-bond acceptors (Lipinski definition) is 4. The number of methoxy groups -OCH3 is 1. The van der Waals surface area contributed by atoms with Crippen LogP contribution in [0.1, 0.15) is 16.8 Å². The number of carbonyl (C=O) groups excluding carboxylic acids is 2. The van der Waals surface area contributed by atoms with Crippen molar-refractivity contribution in [3.63, 3.8) is 0 Å². The predicted molar refractivity (Wildman–Crippen MR) is 107 cm³/mol. The van der Waals surface area contributed by atoms with Gasteiger partial charge in [0.05, 0.1) is 46.3 Å². The van der Waals surface area contributed by atoms with Gasteiger partial charge in [-0.15, -0.1) is 0 Å². The normalized spacial score (nSPS) is 14.3. The van der Waals surface area contributed by atoms with Gasteiger partial charge in [0.2, 0.25) is 5.91 Å². The molecule has 0 spiro atoms. The third-order valence-electron chi connectivity index (χ3n) is 5.03. The molecule has 1 aliphatic rings. The SMILES string of the molecule is COc1ccc(C(=O)NNC(=O)CC[NH+]2CCN(c3ccccc3)CC2)cc1F. The van der Waals surface area contributed by atoms with Crippen molar-refractivity contribution in [2.45, 2.75) is 6.42 Å². The zero-order valence-electron chi connectivity index (χ0n) is 16.4. The first kappa shape index (κ1) is 20.6. The fourth-order valence-electron chi connectivity index (χ4n) is 3.33. The van der Waals surface area contributed by atoms with Crippen molar-refractivity contribution in [1.29, 1.82) is 0 Å². The first-order valence-electron chi connectivity index (χ1n) is 9.63. The number of benzene rings is 2. The maximum absolute atomic E-state index is 13.7. The van der Waals surface area contributed by atoms with E-state index in [0.717, 1.165) is 32.2 Å². The highest BCUT2D eigenvalue weighted by atomic mass is 19.1. The maximum atomic E-state index is 13.7. The molecule has 0 bridgehead atoms. The number of ether oxygens (including phenoxy) is 1. The minimum absolute atomic E-state index is 0.0564. The lowest BCUT2D eigenvalue weighted by Crippen LogP contribution is -3.15. The maximum Gasteiger partial charge on any atom is 0.269 e. The zero-order chi connectivity index (χ0) is 20.6. The topological polar surface area (TPSA) is 75.1 Å². The Labute approximate surface area is 169 Å². The van der Waals surface area contributed by atoms with Crippen LogP contribution in [0.4, 0.5) is 10.1 Å². The average Bonchev–Trinajstić information content (AvgIpc) is 2.77. The Hall–Kier alpha value is -3.13. The van der Waals surface area contributed by atoms with Crippen LogP contribution < -0.4 is 25.4 Å². The van der Waals surface area contributed by atoms with E-state index in [1.54, 1.807) is 0 Å². The lowest BCUT2D eigenvalue weighted by Gasteiger charge is -2.33. The van der Waals surface area contributed by atoms with Gasteiger partial charge in [-0.05, 0) is 30.3 Å². The summed E-state index contributed by atoms with van der Waals surface area (Å²) in [5.74, 6) is -1.43. The van der Waals surface area contributed by atoms with Gasteiger partial charge in [0, 0.05) is 11.3 Å². The molecule has 2 amide bonds. The van der Waals surface area contributed by atoms with Crippen LogP contribution in [0.25, 0.3) is 0 Å². The van der Waals surface area contributed by atoms with E-state index in [1.165, 1.54) is 29.8 Å². The smallest absolute Gasteiger partial charge is 0.269 e. The summed E-state index contributed by atoms with van der Waals surface area (Å²) in [4.78, 5) is 27.8. The molecule has 3 N–H and O–H groups in total. The summed E-state index contributed by atoms with van der Waals surface area (Å²) in [6.45, 7) is 4.50. The molecule has 0 saturated carbocycles. The van der Waals surface area contributed by atoms with Crippen LogP contribution in [0.5, 0.6) is 5.75 Å². The second kappa shape index (κ2) is 9.88. The summed E-state index contributed by atoms with van der Waals surface area (Å²) < 4.78 is 18.5. The van der Waals surface area contributed by atoms with Gasteiger partial charge < -0.3 is 14.5 Å². The molecule has 7 nitrogen and oxygen atoms in total. The third kappa shape index (κ3) is 5.68. The number of piperazine rings is 1. The number of quaternary nitrogens is 1. The van der Waals surface area contributed by atoms with E-state index in [2.05, 4.69) is 27.9 Å². The Morgan fingerprint density at radius 3 is 2.48 bits per heavy atom. The molecule has 0 unspecified atom stereocenters. The van der Waals surface area contributed by atoms with E-state index in [-0.39, 0.29) is 17.2 Å². The highest BCUT2D eigenvalue weighted by Gasteiger charge is 2.20. The second-order valence-electron chi connectivity index (χ2n) is 6.92. The van der Waals surface area contributed by atoms with Crippen molar-refractivity contribution < 1.29 is 23.6 Å². The first-order chi connectivity index (χ1) is 14.1. The van der Waals surface area contributed by atoms with Gasteiger partial charge in [0.1, 0.15) is 0 Å². The summed E-state index contributed by atoms with van der Waals surface area (Å²) in [6.07, 6.45) is 0.303. The van der Waals surface area contributed by atoms with E-state index in [0.29, 0.717) is 13.0 Å². The number of halogens is 1. The fourth-order valence-corrected chi connectivity index (χ4v) is 3.33. The van der Waals surface area contributed by atoms with Crippen LogP contribution in [0.15, 0.2) is 48.5 Å². The number of para-hydroxylation sites is 1. The van der Waals surface area contributed by atoms with Crippen LogP contribution in [0.2, 0.25) is 0 Å². The standard InChI is InChI=1S/C21H25FN4O3/c1-29-19-8-7-16(15-18(19)22)21(28)24-23-20(27)9-10-25-11-13-26(14-12-25)17-5-3-2-4-6-17/h2-8,15H,9-14H2,1H3,(H,23,27)(H,24,28)/p+1. The Morgan fingerprint density at radius 2 is 1.83 bits per heavy atom. The minimum atomic E-state index is -0.635. The lowest BCUT2D eigenvalue weighted by molar-refractivity contribution is -0.900. The summed E-state index contributed by atoms with van der Waals surface area (Å²) in [7, 11) is 1.35. The lowest BCUT2D eigenvalue weighted by atomic mass is 10.2. The van der Waals surface area contributed by atoms with E-state index in [9.17, 15) is 14.0 Å². The van der Waals surface area contributed by atoms with Crippen molar-refractivity contribution in [2.75, 3.05) is 44.7 Å². The highest BCUT2D eigenvalue weighted by molar-refractivity contribution is 5.95. The third-order valence-corrected chi connectivity index (χ3v) is 5.03. The van der Waals surface area contributed by atoms with Crippen LogP contribution >= 0.6 is 0 Å². The Morgan fingerprint density at radius 1 is 1.10 bits per heavy atom. The molecule has 1 heterocycles. The number of nitrogens with one attached hydrogen (secondary N) is 3. The fraction of sp³-hybridized carbons (Fsp3) is 0.333. The monoisotopic (exact) mass is 401 g/mol. The predicted octanol–water partition coefficient (Wildman–Crippen LogP) is 0.391. The van der Waals surface area contributed by atoms with Crippen molar-refractivity contribution in [2.24, 2.45) is 0 Å². The molecule has 0 radical (unpaired) electrons. The molecule has 0 aliphatic carbocycles. The number of hydrazine groups is 1. The molecule has 2 aromatic rings. The number of amides is 2. The van der Waals surface area contributed by atoms with Crippen LogP contribution in [-0.2, 0) is 4.79 Å². The summed E-state index contributed by atoms with van der Waals surface area (Å²) >= 11 is 0. The van der Waals surface area contributed by atoms with E-state index in [1.807, 2.05) is 18.2 Å². The van der Waals surface area contributed by atoms with Gasteiger partial charge in [0.25, 0.3) is 5.91 Å². The van der Waals surface area contributed by atoms with E-state index < -0.39 is 11.7 Å². The number of carbonyl (C=O) groups is 2. The zero-order valence-corrected chi connectivity index (χ0v) is 16.4. The first-order valence-corrected chi connectivity index (χ1v) is 9.63. The molecule has 1 saturated heterocycles. The van der Waals surface area contributed by atoms with Gasteiger partial charge in [-0.3, -0.25) is 20.4 Å². The Bertz CT molecular complexity index is 839. The summed E-state index contributed by atoms with van der Waals surface area (Å²) in [6, 6.07) is 14.2. The molecule has 1 fully saturated rings. The van der Waals surface area contributed by atoms with Gasteiger partial charge >= 0.3 is 0 Å². The van der Waals surface area contributed by atoms with Crippen LogP contribution in [0, 0.1) is 5.82 Å². The highest BCUT2D eigenvalue weighted by Crippen LogP contribution is 2.17. The molecule has 8 heteroatoms. The van der Waals surface area contributed by atoms with E-state index >= 15 is 0 Å². The molecule has 29 heavy (non-hydrogen) atoms. The van der Waals surface area contributed by atoms with Crippen molar-refractivity contribution >= 4 is 17.5 Å². The molecular weight excluding hydrogens is 375 g/mol. The molecule has 3 rings (SSSR count). The molecule has 0 aromatic heterocycles. The van der Waals surface area contributed by atoms with Gasteiger partial charge in [0.15, 0.2) is 11.6 Å². The molecule has 154 valence electrons. The molecule has 2 aromatic carbocycles. The van der Waals surface area contributed by atoms with Crippen LogP contribution in [-0.4, -0.2) is 51.6 Å². The minimum Gasteiger partial charge on any atom is -0.494 e. The molecule has 0 atom stereocenters. The number of hydrogen-bond donors (Lipinski definition) is 3. The van der Waals surface area contributed by atoms with Crippen molar-refractivity contribution in [3.8, 4) is 5.75 Å². The van der Waals surface area contributed by atoms with E-state index in [4.69, 9.17) is 4.74 Å².